The van der Waals surface area contributed by atoms with Crippen molar-refractivity contribution >= 4 is 44.0 Å². The molecule has 0 unspecified atom stereocenters. The number of hydrogen-bond donors (Lipinski definition) is 0. The lowest BCUT2D eigenvalue weighted by Crippen LogP contribution is -1.98. The van der Waals surface area contributed by atoms with Gasteiger partial charge in [-0.2, -0.15) is 0 Å². The molecule has 2 aromatic heterocycles. The van der Waals surface area contributed by atoms with Gasteiger partial charge in [0.25, 0.3) is 0 Å². The lowest BCUT2D eigenvalue weighted by Gasteiger charge is -1.98. The average molecular weight is 334 g/mol. The maximum absolute atomic E-state index is 12.5. The van der Waals surface area contributed by atoms with E-state index in [0.29, 0.717) is 0 Å². The van der Waals surface area contributed by atoms with Crippen molar-refractivity contribution in [2.24, 2.45) is 7.05 Å². The van der Waals surface area contributed by atoms with E-state index in [1.807, 2.05) is 41.4 Å². The van der Waals surface area contributed by atoms with Crippen molar-refractivity contribution in [3.8, 4) is 0 Å². The summed E-state index contributed by atoms with van der Waals surface area (Å²) in [7, 11) is 1.97. The van der Waals surface area contributed by atoms with Crippen molar-refractivity contribution in [1.29, 1.82) is 0 Å². The third-order valence-electron chi connectivity index (χ3n) is 3.22. The number of nitrogens with zero attached hydrogens (tertiary/aromatic N) is 1. The minimum atomic E-state index is 0.0800. The molecule has 0 spiro atoms. The number of thiophene rings is 1. The van der Waals surface area contributed by atoms with Crippen LogP contribution in [0.2, 0.25) is 0 Å². The standard InChI is InChI=1S/C15H12BrNOS/c1-9-3-4-11-12(7-17(2)13(11)5-9)15(18)10-6-14(16)19-8-10/h3-8H,1-2H3. The molecule has 0 saturated carbocycles. The van der Waals surface area contributed by atoms with Crippen LogP contribution in [0.4, 0.5) is 0 Å². The number of fused-ring (bicyclic) bond motifs is 1. The van der Waals surface area contributed by atoms with Gasteiger partial charge in [-0.15, -0.1) is 11.3 Å². The molecule has 0 bridgehead atoms. The molecule has 19 heavy (non-hydrogen) atoms. The number of aryl methyl sites for hydroxylation is 2. The molecule has 1 aromatic carbocycles. The third-order valence-corrected chi connectivity index (χ3v) is 4.72. The number of carbonyl (C=O) groups is 1. The number of aromatic nitrogens is 1. The smallest absolute Gasteiger partial charge is 0.196 e. The van der Waals surface area contributed by atoms with Gasteiger partial charge in [-0.25, -0.2) is 0 Å². The van der Waals surface area contributed by atoms with Gasteiger partial charge < -0.3 is 4.57 Å². The Balaban J connectivity index is 2.18. The summed E-state index contributed by atoms with van der Waals surface area (Å²) in [5, 5.41) is 2.90. The Morgan fingerprint density at radius 3 is 2.79 bits per heavy atom. The van der Waals surface area contributed by atoms with Crippen LogP contribution in [0.15, 0.2) is 39.6 Å². The molecule has 4 heteroatoms. The highest BCUT2D eigenvalue weighted by Crippen LogP contribution is 2.27. The Bertz CT molecular complexity index is 785. The van der Waals surface area contributed by atoms with Crippen molar-refractivity contribution in [2.45, 2.75) is 6.92 Å². The van der Waals surface area contributed by atoms with E-state index in [0.717, 1.165) is 25.8 Å². The highest BCUT2D eigenvalue weighted by Gasteiger charge is 2.16. The summed E-state index contributed by atoms with van der Waals surface area (Å²) in [5.74, 6) is 0.0800. The number of hydrogen-bond acceptors (Lipinski definition) is 2. The van der Waals surface area contributed by atoms with Crippen LogP contribution >= 0.6 is 27.3 Å². The lowest BCUT2D eigenvalue weighted by atomic mass is 10.0. The van der Waals surface area contributed by atoms with Gasteiger partial charge in [0.1, 0.15) is 0 Å². The van der Waals surface area contributed by atoms with Crippen LogP contribution in [0.25, 0.3) is 10.9 Å². The summed E-state index contributed by atoms with van der Waals surface area (Å²) in [6.07, 6.45) is 1.91. The van der Waals surface area contributed by atoms with Crippen LogP contribution in [0.5, 0.6) is 0 Å². The molecule has 0 atom stereocenters. The minimum absolute atomic E-state index is 0.0800. The van der Waals surface area contributed by atoms with Gasteiger partial charge in [0, 0.05) is 40.7 Å². The number of halogens is 1. The van der Waals surface area contributed by atoms with E-state index in [9.17, 15) is 4.79 Å². The molecule has 96 valence electrons. The number of rotatable bonds is 2. The fourth-order valence-corrected chi connectivity index (χ4v) is 3.40. The van der Waals surface area contributed by atoms with Gasteiger partial charge in [-0.3, -0.25) is 4.79 Å². The number of ketones is 1. The monoisotopic (exact) mass is 333 g/mol. The highest BCUT2D eigenvalue weighted by atomic mass is 79.9. The van der Waals surface area contributed by atoms with Gasteiger partial charge in [-0.05, 0) is 40.5 Å². The average Bonchev–Trinajstić information content (AvgIpc) is 2.94. The van der Waals surface area contributed by atoms with E-state index >= 15 is 0 Å². The molecule has 3 aromatic rings. The quantitative estimate of drug-likeness (QED) is 0.631. The molecule has 0 radical (unpaired) electrons. The normalized spacial score (nSPS) is 11.1. The summed E-state index contributed by atoms with van der Waals surface area (Å²) in [6, 6.07) is 8.05. The molecule has 0 aliphatic heterocycles. The Morgan fingerprint density at radius 2 is 2.11 bits per heavy atom. The molecule has 0 fully saturated rings. The molecule has 2 heterocycles. The molecular weight excluding hydrogens is 322 g/mol. The minimum Gasteiger partial charge on any atom is -0.350 e. The fourth-order valence-electron chi connectivity index (χ4n) is 2.26. The van der Waals surface area contributed by atoms with Gasteiger partial charge in [0.05, 0.1) is 3.79 Å². The van der Waals surface area contributed by atoms with E-state index in [4.69, 9.17) is 0 Å². The van der Waals surface area contributed by atoms with Crippen LogP contribution in [0.3, 0.4) is 0 Å². The van der Waals surface area contributed by atoms with Gasteiger partial charge in [0.15, 0.2) is 5.78 Å². The first-order valence-corrected chi connectivity index (χ1v) is 7.58. The Morgan fingerprint density at radius 1 is 1.32 bits per heavy atom. The molecule has 0 saturated heterocycles. The maximum atomic E-state index is 12.5. The van der Waals surface area contributed by atoms with Gasteiger partial charge in [0.2, 0.25) is 0 Å². The summed E-state index contributed by atoms with van der Waals surface area (Å²) in [5.41, 5.74) is 3.80. The number of carbonyl (C=O) groups excluding carboxylic acids is 1. The molecule has 2 nitrogen and oxygen atoms in total. The zero-order valence-corrected chi connectivity index (χ0v) is 13.0. The Hall–Kier alpha value is -1.39. The van der Waals surface area contributed by atoms with Crippen LogP contribution in [0, 0.1) is 6.92 Å². The summed E-state index contributed by atoms with van der Waals surface area (Å²) < 4.78 is 2.99. The first-order chi connectivity index (χ1) is 9.06. The first-order valence-electron chi connectivity index (χ1n) is 5.90. The topological polar surface area (TPSA) is 22.0 Å². The van der Waals surface area contributed by atoms with Crippen LogP contribution in [-0.2, 0) is 7.05 Å². The van der Waals surface area contributed by atoms with Gasteiger partial charge >= 0.3 is 0 Å². The second-order valence-electron chi connectivity index (χ2n) is 4.64. The first kappa shape index (κ1) is 12.6. The summed E-state index contributed by atoms with van der Waals surface area (Å²) >= 11 is 4.93. The van der Waals surface area contributed by atoms with Crippen molar-refractivity contribution in [1.82, 2.24) is 4.57 Å². The second kappa shape index (κ2) is 4.62. The molecule has 0 aliphatic rings. The van der Waals surface area contributed by atoms with Crippen molar-refractivity contribution in [3.05, 3.63) is 56.3 Å². The zero-order chi connectivity index (χ0) is 13.6. The van der Waals surface area contributed by atoms with E-state index in [-0.39, 0.29) is 5.78 Å². The number of benzene rings is 1. The predicted molar refractivity (Wildman–Crippen MR) is 83.1 cm³/mol. The molecular formula is C15H12BrNOS. The maximum Gasteiger partial charge on any atom is 0.196 e. The molecule has 3 rings (SSSR count). The van der Waals surface area contributed by atoms with Gasteiger partial charge in [-0.1, -0.05) is 12.1 Å². The second-order valence-corrected chi connectivity index (χ2v) is 6.93. The third kappa shape index (κ3) is 2.15. The van der Waals surface area contributed by atoms with Crippen molar-refractivity contribution < 1.29 is 4.79 Å². The van der Waals surface area contributed by atoms with E-state index in [1.165, 1.54) is 16.9 Å². The SMILES string of the molecule is Cc1ccc2c(C(=O)c3csc(Br)c3)cn(C)c2c1. The van der Waals surface area contributed by atoms with Crippen LogP contribution < -0.4 is 0 Å². The summed E-state index contributed by atoms with van der Waals surface area (Å²) in [4.78, 5) is 12.5. The summed E-state index contributed by atoms with van der Waals surface area (Å²) in [6.45, 7) is 2.06. The zero-order valence-electron chi connectivity index (χ0n) is 10.6. The molecule has 0 aliphatic carbocycles. The Labute approximate surface area is 123 Å². The van der Waals surface area contributed by atoms with Crippen molar-refractivity contribution in [3.63, 3.8) is 0 Å². The molecule has 0 amide bonds. The van der Waals surface area contributed by atoms with Crippen LogP contribution in [-0.4, -0.2) is 10.4 Å². The fraction of sp³-hybridized carbons (Fsp3) is 0.133. The van der Waals surface area contributed by atoms with E-state index < -0.39 is 0 Å². The van der Waals surface area contributed by atoms with Crippen LogP contribution in [0.1, 0.15) is 21.5 Å². The van der Waals surface area contributed by atoms with E-state index in [2.05, 4.69) is 28.9 Å². The Kier molecular flexibility index (Phi) is 3.07. The predicted octanol–water partition coefficient (Wildman–Crippen LogP) is 4.54. The lowest BCUT2D eigenvalue weighted by molar-refractivity contribution is 0.104. The van der Waals surface area contributed by atoms with E-state index in [1.54, 1.807) is 0 Å². The van der Waals surface area contributed by atoms with Crippen molar-refractivity contribution in [2.75, 3.05) is 0 Å². The largest absolute Gasteiger partial charge is 0.350 e. The molecule has 0 N–H and O–H groups in total. The highest BCUT2D eigenvalue weighted by molar-refractivity contribution is 9.11.